The molecule has 0 aromatic heterocycles. The average molecular weight is 335 g/mol. The quantitative estimate of drug-likeness (QED) is 0.784. The maximum atomic E-state index is 12.2. The van der Waals surface area contributed by atoms with Crippen molar-refractivity contribution in [2.24, 2.45) is 0 Å². The number of rotatable bonds is 5. The van der Waals surface area contributed by atoms with Gasteiger partial charge in [-0.05, 0) is 42.5 Å². The summed E-state index contributed by atoms with van der Waals surface area (Å²) < 4.78 is 28.7. The molecule has 0 fully saturated rings. The first-order chi connectivity index (χ1) is 11.5. The maximum Gasteiger partial charge on any atom is 0.387 e. The van der Waals surface area contributed by atoms with Crippen LogP contribution in [0.1, 0.15) is 10.4 Å². The fourth-order valence-electron chi connectivity index (χ4n) is 1.85. The highest BCUT2D eigenvalue weighted by atomic mass is 19.3. The molecule has 126 valence electrons. The van der Waals surface area contributed by atoms with Crippen molar-refractivity contribution in [2.75, 3.05) is 17.7 Å². The number of hydrogen-bond acceptors (Lipinski definition) is 3. The second kappa shape index (κ2) is 7.91. The van der Waals surface area contributed by atoms with Crippen LogP contribution < -0.4 is 20.7 Å². The predicted octanol–water partition coefficient (Wildman–Crippen LogP) is 3.29. The van der Waals surface area contributed by atoms with Crippen molar-refractivity contribution in [1.82, 2.24) is 5.32 Å². The van der Waals surface area contributed by atoms with Crippen LogP contribution in [0.4, 0.5) is 25.0 Å². The molecule has 0 heterocycles. The molecule has 0 bridgehead atoms. The summed E-state index contributed by atoms with van der Waals surface area (Å²) in [6.07, 6.45) is 0. The summed E-state index contributed by atoms with van der Waals surface area (Å²) in [6, 6.07) is 11.6. The normalized spacial score (nSPS) is 10.2. The molecule has 0 aliphatic carbocycles. The molecule has 6 nitrogen and oxygen atoms in total. The first-order valence-electron chi connectivity index (χ1n) is 6.93. The van der Waals surface area contributed by atoms with E-state index in [1.807, 2.05) is 0 Å². The molecule has 3 N–H and O–H groups in total. The first kappa shape index (κ1) is 17.2. The Labute approximate surface area is 136 Å². The second-order valence-electron chi connectivity index (χ2n) is 4.64. The van der Waals surface area contributed by atoms with E-state index in [2.05, 4.69) is 20.7 Å². The third-order valence-electron chi connectivity index (χ3n) is 2.95. The number of benzene rings is 2. The van der Waals surface area contributed by atoms with Crippen LogP contribution in [0.25, 0.3) is 0 Å². The largest absolute Gasteiger partial charge is 0.435 e. The molecule has 0 unspecified atom stereocenters. The second-order valence-corrected chi connectivity index (χ2v) is 4.64. The van der Waals surface area contributed by atoms with Gasteiger partial charge < -0.3 is 20.7 Å². The van der Waals surface area contributed by atoms with Crippen LogP contribution in [0.5, 0.6) is 5.75 Å². The Kier molecular flexibility index (Phi) is 5.67. The summed E-state index contributed by atoms with van der Waals surface area (Å²) >= 11 is 0. The molecular formula is C16H15F2N3O3. The molecule has 0 aliphatic heterocycles. The fraction of sp³-hybridized carbons (Fsp3) is 0.125. The van der Waals surface area contributed by atoms with Crippen molar-refractivity contribution in [3.63, 3.8) is 0 Å². The van der Waals surface area contributed by atoms with Gasteiger partial charge in [-0.1, -0.05) is 6.07 Å². The lowest BCUT2D eigenvalue weighted by Crippen LogP contribution is -2.24. The van der Waals surface area contributed by atoms with E-state index in [1.54, 1.807) is 24.3 Å². The van der Waals surface area contributed by atoms with Gasteiger partial charge in [0.05, 0.1) is 0 Å². The topological polar surface area (TPSA) is 79.5 Å². The molecule has 0 aliphatic rings. The van der Waals surface area contributed by atoms with Gasteiger partial charge in [0.1, 0.15) is 5.75 Å². The van der Waals surface area contributed by atoms with Crippen molar-refractivity contribution < 1.29 is 23.1 Å². The zero-order chi connectivity index (χ0) is 17.5. The van der Waals surface area contributed by atoms with Crippen LogP contribution in [0.3, 0.4) is 0 Å². The number of hydrogen-bond donors (Lipinski definition) is 3. The number of carbonyl (C=O) groups excluding carboxylic acids is 2. The number of alkyl halides is 2. The Morgan fingerprint density at radius 1 is 1.00 bits per heavy atom. The van der Waals surface area contributed by atoms with E-state index in [9.17, 15) is 18.4 Å². The maximum absolute atomic E-state index is 12.2. The van der Waals surface area contributed by atoms with Gasteiger partial charge in [-0.25, -0.2) is 4.79 Å². The van der Waals surface area contributed by atoms with Crippen molar-refractivity contribution in [3.8, 4) is 5.75 Å². The van der Waals surface area contributed by atoms with Crippen LogP contribution in [-0.2, 0) is 0 Å². The van der Waals surface area contributed by atoms with E-state index in [0.717, 1.165) is 0 Å². The minimum atomic E-state index is -2.95. The molecule has 2 aromatic carbocycles. The van der Waals surface area contributed by atoms with Crippen LogP contribution in [0.15, 0.2) is 48.5 Å². The Morgan fingerprint density at radius 2 is 1.62 bits per heavy atom. The molecule has 0 saturated carbocycles. The van der Waals surface area contributed by atoms with Crippen molar-refractivity contribution in [3.05, 3.63) is 54.1 Å². The Bertz CT molecular complexity index is 721. The van der Waals surface area contributed by atoms with Crippen LogP contribution in [-0.4, -0.2) is 25.6 Å². The molecule has 0 radical (unpaired) electrons. The number of anilines is 2. The van der Waals surface area contributed by atoms with Crippen molar-refractivity contribution in [2.45, 2.75) is 6.61 Å². The molecule has 0 atom stereocenters. The molecular weight excluding hydrogens is 320 g/mol. The van der Waals surface area contributed by atoms with E-state index in [0.29, 0.717) is 11.4 Å². The average Bonchev–Trinajstić information content (AvgIpc) is 2.56. The zero-order valence-corrected chi connectivity index (χ0v) is 12.7. The number of nitrogens with one attached hydrogen (secondary N) is 3. The zero-order valence-electron chi connectivity index (χ0n) is 12.7. The molecule has 3 amide bonds. The smallest absolute Gasteiger partial charge is 0.387 e. The van der Waals surface area contributed by atoms with Crippen LogP contribution in [0, 0.1) is 0 Å². The highest BCUT2D eigenvalue weighted by Gasteiger charge is 2.10. The Balaban J connectivity index is 2.02. The number of halogens is 2. The lowest BCUT2D eigenvalue weighted by Gasteiger charge is -2.09. The molecule has 0 saturated heterocycles. The van der Waals surface area contributed by atoms with E-state index in [1.165, 1.54) is 31.3 Å². The lowest BCUT2D eigenvalue weighted by atomic mass is 10.2. The van der Waals surface area contributed by atoms with Gasteiger partial charge in [-0.3, -0.25) is 4.79 Å². The van der Waals surface area contributed by atoms with Crippen molar-refractivity contribution >= 4 is 23.3 Å². The molecule has 2 aromatic rings. The van der Waals surface area contributed by atoms with Gasteiger partial charge >= 0.3 is 12.6 Å². The number of amides is 3. The standard InChI is InChI=1S/C16H15F2N3O3/c1-19-16(23)21-12-7-5-11(6-8-12)20-14(22)10-3-2-4-13(9-10)24-15(17)18/h2-9,15H,1H3,(H,20,22)(H2,19,21,23). The van der Waals surface area contributed by atoms with E-state index in [-0.39, 0.29) is 17.3 Å². The molecule has 0 spiro atoms. The minimum absolute atomic E-state index is 0.0947. The number of urea groups is 1. The highest BCUT2D eigenvalue weighted by molar-refractivity contribution is 6.04. The van der Waals surface area contributed by atoms with Crippen LogP contribution >= 0.6 is 0 Å². The summed E-state index contributed by atoms with van der Waals surface area (Å²) in [6.45, 7) is -2.95. The molecule has 24 heavy (non-hydrogen) atoms. The van der Waals surface area contributed by atoms with Gasteiger partial charge in [-0.2, -0.15) is 8.78 Å². The minimum Gasteiger partial charge on any atom is -0.435 e. The Hall–Kier alpha value is -3.16. The summed E-state index contributed by atoms with van der Waals surface area (Å²) in [5.74, 6) is -0.565. The van der Waals surface area contributed by atoms with E-state index >= 15 is 0 Å². The first-order valence-corrected chi connectivity index (χ1v) is 6.93. The number of carbonyl (C=O) groups is 2. The van der Waals surface area contributed by atoms with Crippen LogP contribution in [0.2, 0.25) is 0 Å². The van der Waals surface area contributed by atoms with Crippen molar-refractivity contribution in [1.29, 1.82) is 0 Å². The summed E-state index contributed by atoms with van der Waals surface area (Å²) in [5.41, 5.74) is 1.23. The summed E-state index contributed by atoms with van der Waals surface area (Å²) in [7, 11) is 1.50. The van der Waals surface area contributed by atoms with E-state index < -0.39 is 12.5 Å². The number of ether oxygens (including phenoxy) is 1. The third kappa shape index (κ3) is 4.94. The van der Waals surface area contributed by atoms with Gasteiger partial charge in [-0.15, -0.1) is 0 Å². The molecule has 2 rings (SSSR count). The third-order valence-corrected chi connectivity index (χ3v) is 2.95. The Morgan fingerprint density at radius 3 is 2.21 bits per heavy atom. The highest BCUT2D eigenvalue weighted by Crippen LogP contribution is 2.18. The van der Waals surface area contributed by atoms with Gasteiger partial charge in [0.15, 0.2) is 0 Å². The summed E-state index contributed by atoms with van der Waals surface area (Å²) in [5, 5.41) is 7.62. The summed E-state index contributed by atoms with van der Waals surface area (Å²) in [4.78, 5) is 23.3. The SMILES string of the molecule is CNC(=O)Nc1ccc(NC(=O)c2cccc(OC(F)F)c2)cc1. The van der Waals surface area contributed by atoms with Gasteiger partial charge in [0.2, 0.25) is 0 Å². The lowest BCUT2D eigenvalue weighted by molar-refractivity contribution is -0.0498. The van der Waals surface area contributed by atoms with Gasteiger partial charge in [0, 0.05) is 24.0 Å². The van der Waals surface area contributed by atoms with E-state index in [4.69, 9.17) is 0 Å². The monoisotopic (exact) mass is 335 g/mol. The van der Waals surface area contributed by atoms with Gasteiger partial charge in [0.25, 0.3) is 5.91 Å². The fourth-order valence-corrected chi connectivity index (χ4v) is 1.85. The molecule has 8 heteroatoms. The predicted molar refractivity (Wildman–Crippen MR) is 85.5 cm³/mol.